The van der Waals surface area contributed by atoms with Crippen LogP contribution in [0.15, 0.2) is 12.4 Å². The molecular formula is C15H27N3O. The third-order valence-corrected chi connectivity index (χ3v) is 4.08. The van der Waals surface area contributed by atoms with Gasteiger partial charge in [0.15, 0.2) is 0 Å². The largest absolute Gasteiger partial charge is 0.374 e. The van der Waals surface area contributed by atoms with E-state index in [0.29, 0.717) is 6.04 Å². The molecule has 4 heteroatoms. The predicted molar refractivity (Wildman–Crippen MR) is 77.2 cm³/mol. The van der Waals surface area contributed by atoms with E-state index in [-0.39, 0.29) is 5.60 Å². The summed E-state index contributed by atoms with van der Waals surface area (Å²) in [5, 5.41) is 7.94. The monoisotopic (exact) mass is 265 g/mol. The molecule has 2 atom stereocenters. The van der Waals surface area contributed by atoms with E-state index in [2.05, 4.69) is 30.5 Å². The molecule has 2 unspecified atom stereocenters. The van der Waals surface area contributed by atoms with E-state index in [9.17, 15) is 0 Å². The molecule has 0 spiro atoms. The molecule has 1 fully saturated rings. The Kier molecular flexibility index (Phi) is 4.99. The molecule has 0 aromatic carbocycles. The van der Waals surface area contributed by atoms with Gasteiger partial charge in [-0.2, -0.15) is 5.10 Å². The van der Waals surface area contributed by atoms with Crippen molar-refractivity contribution < 1.29 is 4.74 Å². The molecule has 0 amide bonds. The second kappa shape index (κ2) is 6.53. The summed E-state index contributed by atoms with van der Waals surface area (Å²) in [6, 6.07) is 0.372. The van der Waals surface area contributed by atoms with Crippen LogP contribution in [0.1, 0.15) is 45.1 Å². The second-order valence-electron chi connectivity index (χ2n) is 5.85. The number of rotatable bonds is 6. The lowest BCUT2D eigenvalue weighted by Crippen LogP contribution is -2.53. The van der Waals surface area contributed by atoms with Gasteiger partial charge in [-0.3, -0.25) is 4.68 Å². The van der Waals surface area contributed by atoms with E-state index in [1.165, 1.54) is 18.4 Å². The zero-order valence-electron chi connectivity index (χ0n) is 12.5. The summed E-state index contributed by atoms with van der Waals surface area (Å²) in [6.45, 7) is 6.41. The van der Waals surface area contributed by atoms with Crippen LogP contribution >= 0.6 is 0 Å². The van der Waals surface area contributed by atoms with Crippen molar-refractivity contribution in [3.05, 3.63) is 18.0 Å². The van der Waals surface area contributed by atoms with E-state index in [1.54, 1.807) is 0 Å². The molecule has 0 saturated carbocycles. The normalized spacial score (nSPS) is 25.4. The third kappa shape index (κ3) is 3.80. The number of nitrogens with one attached hydrogen (secondary N) is 1. The van der Waals surface area contributed by atoms with Crippen molar-refractivity contribution in [1.82, 2.24) is 15.1 Å². The zero-order valence-corrected chi connectivity index (χ0v) is 12.5. The van der Waals surface area contributed by atoms with E-state index >= 15 is 0 Å². The lowest BCUT2D eigenvalue weighted by molar-refractivity contribution is -0.0883. The van der Waals surface area contributed by atoms with Crippen LogP contribution in [0.5, 0.6) is 0 Å². The van der Waals surface area contributed by atoms with Crippen LogP contribution < -0.4 is 5.32 Å². The number of hydrogen-bond donors (Lipinski definition) is 1. The van der Waals surface area contributed by atoms with E-state index < -0.39 is 0 Å². The fourth-order valence-corrected chi connectivity index (χ4v) is 2.87. The maximum absolute atomic E-state index is 6.11. The minimum Gasteiger partial charge on any atom is -0.374 e. The summed E-state index contributed by atoms with van der Waals surface area (Å²) in [6.07, 6.45) is 9.83. The van der Waals surface area contributed by atoms with Crippen LogP contribution in [0.25, 0.3) is 0 Å². The number of aryl methyl sites for hydroxylation is 1. The molecule has 1 N–H and O–H groups in total. The second-order valence-corrected chi connectivity index (χ2v) is 5.85. The van der Waals surface area contributed by atoms with Gasteiger partial charge in [0.1, 0.15) is 0 Å². The number of nitrogens with zero attached hydrogens (tertiary/aromatic N) is 2. The molecule has 2 heterocycles. The third-order valence-electron chi connectivity index (χ3n) is 4.08. The SMILES string of the molecule is CCCNC(Cc1cnn(C)c1)C1(C)CCCCO1. The Morgan fingerprint density at radius 1 is 1.53 bits per heavy atom. The van der Waals surface area contributed by atoms with Gasteiger partial charge in [0.25, 0.3) is 0 Å². The highest BCUT2D eigenvalue weighted by molar-refractivity contribution is 5.09. The molecule has 0 aliphatic carbocycles. The van der Waals surface area contributed by atoms with Gasteiger partial charge in [0, 0.05) is 25.9 Å². The van der Waals surface area contributed by atoms with Crippen LogP contribution in [0, 0.1) is 0 Å². The fourth-order valence-electron chi connectivity index (χ4n) is 2.87. The van der Waals surface area contributed by atoms with Crippen molar-refractivity contribution in [3.63, 3.8) is 0 Å². The summed E-state index contributed by atoms with van der Waals surface area (Å²) in [5.74, 6) is 0. The maximum Gasteiger partial charge on any atom is 0.0810 e. The van der Waals surface area contributed by atoms with E-state index in [4.69, 9.17) is 4.74 Å². The Labute approximate surface area is 116 Å². The van der Waals surface area contributed by atoms with Crippen molar-refractivity contribution in [1.29, 1.82) is 0 Å². The Bertz CT molecular complexity index is 382. The van der Waals surface area contributed by atoms with Crippen LogP contribution in [0.4, 0.5) is 0 Å². The maximum atomic E-state index is 6.11. The molecule has 1 aromatic rings. The summed E-state index contributed by atoms with van der Waals surface area (Å²) >= 11 is 0. The molecule has 108 valence electrons. The molecule has 0 bridgehead atoms. The van der Waals surface area contributed by atoms with Gasteiger partial charge >= 0.3 is 0 Å². The Hall–Kier alpha value is -0.870. The summed E-state index contributed by atoms with van der Waals surface area (Å²) < 4.78 is 7.99. The molecule has 1 saturated heterocycles. The molecule has 0 radical (unpaired) electrons. The topological polar surface area (TPSA) is 39.1 Å². The van der Waals surface area contributed by atoms with Crippen LogP contribution in [-0.4, -0.2) is 34.6 Å². The molecule has 1 aromatic heterocycles. The van der Waals surface area contributed by atoms with Crippen molar-refractivity contribution in [2.45, 2.75) is 57.6 Å². The first-order valence-corrected chi connectivity index (χ1v) is 7.49. The van der Waals surface area contributed by atoms with Gasteiger partial charge in [-0.05, 0) is 51.1 Å². The van der Waals surface area contributed by atoms with Crippen LogP contribution in [0.3, 0.4) is 0 Å². The zero-order chi connectivity index (χ0) is 13.7. The molecule has 1 aliphatic heterocycles. The van der Waals surface area contributed by atoms with Gasteiger partial charge in [0.2, 0.25) is 0 Å². The minimum absolute atomic E-state index is 0.0384. The first-order chi connectivity index (χ1) is 9.14. The fraction of sp³-hybridized carbons (Fsp3) is 0.800. The van der Waals surface area contributed by atoms with Crippen molar-refractivity contribution >= 4 is 0 Å². The first kappa shape index (κ1) is 14.5. The highest BCUT2D eigenvalue weighted by Gasteiger charge is 2.36. The highest BCUT2D eigenvalue weighted by Crippen LogP contribution is 2.29. The van der Waals surface area contributed by atoms with E-state index in [0.717, 1.165) is 32.4 Å². The van der Waals surface area contributed by atoms with Gasteiger partial charge in [-0.25, -0.2) is 0 Å². The molecular weight excluding hydrogens is 238 g/mol. The number of ether oxygens (including phenoxy) is 1. The van der Waals surface area contributed by atoms with Crippen molar-refractivity contribution in [2.75, 3.05) is 13.2 Å². The molecule has 4 nitrogen and oxygen atoms in total. The summed E-state index contributed by atoms with van der Waals surface area (Å²) in [4.78, 5) is 0. The predicted octanol–water partition coefficient (Wildman–Crippen LogP) is 2.29. The lowest BCUT2D eigenvalue weighted by atomic mass is 9.85. The van der Waals surface area contributed by atoms with E-state index in [1.807, 2.05) is 17.9 Å². The van der Waals surface area contributed by atoms with Gasteiger partial charge in [-0.1, -0.05) is 6.92 Å². The number of hydrogen-bond acceptors (Lipinski definition) is 3. The van der Waals surface area contributed by atoms with Gasteiger partial charge in [-0.15, -0.1) is 0 Å². The summed E-state index contributed by atoms with van der Waals surface area (Å²) in [5.41, 5.74) is 1.25. The van der Waals surface area contributed by atoms with Crippen LogP contribution in [0.2, 0.25) is 0 Å². The smallest absolute Gasteiger partial charge is 0.0810 e. The first-order valence-electron chi connectivity index (χ1n) is 7.49. The Morgan fingerprint density at radius 3 is 2.95 bits per heavy atom. The molecule has 19 heavy (non-hydrogen) atoms. The van der Waals surface area contributed by atoms with Crippen molar-refractivity contribution in [3.8, 4) is 0 Å². The van der Waals surface area contributed by atoms with Crippen LogP contribution in [-0.2, 0) is 18.2 Å². The average molecular weight is 265 g/mol. The molecule has 1 aliphatic rings. The average Bonchev–Trinajstić information content (AvgIpc) is 2.81. The number of aromatic nitrogens is 2. The summed E-state index contributed by atoms with van der Waals surface area (Å²) in [7, 11) is 1.97. The van der Waals surface area contributed by atoms with Gasteiger partial charge < -0.3 is 10.1 Å². The highest BCUT2D eigenvalue weighted by atomic mass is 16.5. The molecule has 2 rings (SSSR count). The Morgan fingerprint density at radius 2 is 2.37 bits per heavy atom. The Balaban J connectivity index is 2.05. The standard InChI is InChI=1S/C15H27N3O/c1-4-8-16-14(10-13-11-17-18(3)12-13)15(2)7-5-6-9-19-15/h11-12,14,16H,4-10H2,1-3H3. The quantitative estimate of drug-likeness (QED) is 0.858. The lowest BCUT2D eigenvalue weighted by Gasteiger charge is -2.41. The van der Waals surface area contributed by atoms with Gasteiger partial charge in [0.05, 0.1) is 11.8 Å². The van der Waals surface area contributed by atoms with Crippen molar-refractivity contribution in [2.24, 2.45) is 7.05 Å². The minimum atomic E-state index is -0.0384.